The van der Waals surface area contributed by atoms with Crippen molar-refractivity contribution in [3.8, 4) is 0 Å². The van der Waals surface area contributed by atoms with Crippen molar-refractivity contribution in [1.29, 1.82) is 0 Å². The molecular formula is C8H13N3O2. The van der Waals surface area contributed by atoms with Crippen LogP contribution < -0.4 is 10.9 Å². The fourth-order valence-electron chi connectivity index (χ4n) is 0.954. The monoisotopic (exact) mass is 183 g/mol. The molecule has 1 aromatic heterocycles. The number of aromatic nitrogens is 2. The van der Waals surface area contributed by atoms with Crippen molar-refractivity contribution in [2.75, 3.05) is 11.9 Å². The van der Waals surface area contributed by atoms with Crippen LogP contribution in [-0.2, 0) is 0 Å². The van der Waals surface area contributed by atoms with Crippen LogP contribution in [-0.4, -0.2) is 27.7 Å². The van der Waals surface area contributed by atoms with E-state index in [1.54, 1.807) is 0 Å². The lowest BCUT2D eigenvalue weighted by Crippen LogP contribution is -2.23. The lowest BCUT2D eigenvalue weighted by molar-refractivity contribution is 0.282. The van der Waals surface area contributed by atoms with Crippen molar-refractivity contribution in [2.24, 2.45) is 0 Å². The van der Waals surface area contributed by atoms with Gasteiger partial charge in [0.1, 0.15) is 0 Å². The van der Waals surface area contributed by atoms with E-state index < -0.39 is 0 Å². The highest BCUT2D eigenvalue weighted by atomic mass is 16.3. The van der Waals surface area contributed by atoms with Gasteiger partial charge in [0.15, 0.2) is 5.82 Å². The van der Waals surface area contributed by atoms with E-state index in [9.17, 15) is 4.79 Å². The van der Waals surface area contributed by atoms with Crippen LogP contribution >= 0.6 is 0 Å². The molecule has 0 saturated heterocycles. The number of aliphatic hydroxyl groups is 1. The van der Waals surface area contributed by atoms with Gasteiger partial charge < -0.3 is 15.4 Å². The van der Waals surface area contributed by atoms with Gasteiger partial charge in [-0.1, -0.05) is 0 Å². The van der Waals surface area contributed by atoms with Gasteiger partial charge in [-0.3, -0.25) is 4.79 Å². The molecule has 5 heteroatoms. The van der Waals surface area contributed by atoms with Gasteiger partial charge in [-0.15, -0.1) is 0 Å². The summed E-state index contributed by atoms with van der Waals surface area (Å²) in [4.78, 5) is 17.5. The van der Waals surface area contributed by atoms with E-state index in [0.29, 0.717) is 12.2 Å². The van der Waals surface area contributed by atoms with Crippen molar-refractivity contribution in [2.45, 2.75) is 19.4 Å². The summed E-state index contributed by atoms with van der Waals surface area (Å²) in [5.41, 5.74) is -0.243. The summed E-state index contributed by atoms with van der Waals surface area (Å²) in [6.45, 7) is 1.98. The molecule has 1 atom stereocenters. The number of hydrogen-bond acceptors (Lipinski definition) is 4. The minimum atomic E-state index is -0.243. The van der Waals surface area contributed by atoms with E-state index in [1.165, 1.54) is 12.4 Å². The number of anilines is 1. The maximum absolute atomic E-state index is 11.1. The van der Waals surface area contributed by atoms with E-state index >= 15 is 0 Å². The van der Waals surface area contributed by atoms with Crippen LogP contribution in [0.15, 0.2) is 17.2 Å². The zero-order chi connectivity index (χ0) is 9.68. The van der Waals surface area contributed by atoms with Crippen molar-refractivity contribution in [3.05, 3.63) is 22.7 Å². The largest absolute Gasteiger partial charge is 0.396 e. The third kappa shape index (κ3) is 2.87. The highest BCUT2D eigenvalue weighted by Crippen LogP contribution is 1.97. The summed E-state index contributed by atoms with van der Waals surface area (Å²) >= 11 is 0. The Balaban J connectivity index is 2.63. The van der Waals surface area contributed by atoms with Gasteiger partial charge in [0.05, 0.1) is 0 Å². The second-order valence-electron chi connectivity index (χ2n) is 2.82. The average molecular weight is 183 g/mol. The number of nitrogens with zero attached hydrogens (tertiary/aromatic N) is 1. The number of hydrogen-bond donors (Lipinski definition) is 3. The van der Waals surface area contributed by atoms with Crippen molar-refractivity contribution in [1.82, 2.24) is 9.97 Å². The minimum absolute atomic E-state index is 0.0426. The molecule has 1 rings (SSSR count). The quantitative estimate of drug-likeness (QED) is 0.611. The fraction of sp³-hybridized carbons (Fsp3) is 0.500. The first-order chi connectivity index (χ1) is 6.24. The maximum Gasteiger partial charge on any atom is 0.290 e. The molecule has 0 bridgehead atoms. The maximum atomic E-state index is 11.1. The molecule has 0 aliphatic carbocycles. The van der Waals surface area contributed by atoms with Crippen LogP contribution in [0.1, 0.15) is 13.3 Å². The smallest absolute Gasteiger partial charge is 0.290 e. The van der Waals surface area contributed by atoms with E-state index in [2.05, 4.69) is 15.3 Å². The first-order valence-corrected chi connectivity index (χ1v) is 4.15. The molecule has 0 saturated carbocycles. The Kier molecular flexibility index (Phi) is 3.45. The SMILES string of the molecule is CC(CCO)Nc1ncc[nH]c1=O. The lowest BCUT2D eigenvalue weighted by atomic mass is 10.2. The Hall–Kier alpha value is -1.36. The normalized spacial score (nSPS) is 12.5. The van der Waals surface area contributed by atoms with Crippen molar-refractivity contribution < 1.29 is 5.11 Å². The molecule has 0 aliphatic heterocycles. The molecular weight excluding hydrogens is 170 g/mol. The first kappa shape index (κ1) is 9.73. The first-order valence-electron chi connectivity index (χ1n) is 4.15. The molecule has 0 amide bonds. The summed E-state index contributed by atoms with van der Waals surface area (Å²) < 4.78 is 0. The van der Waals surface area contributed by atoms with Gasteiger partial charge in [0.2, 0.25) is 0 Å². The molecule has 1 heterocycles. The Morgan fingerprint density at radius 3 is 3.15 bits per heavy atom. The molecule has 5 nitrogen and oxygen atoms in total. The van der Waals surface area contributed by atoms with Crippen LogP contribution in [0.25, 0.3) is 0 Å². The summed E-state index contributed by atoms with van der Waals surface area (Å²) in [7, 11) is 0. The summed E-state index contributed by atoms with van der Waals surface area (Å²) in [6.07, 6.45) is 3.58. The zero-order valence-corrected chi connectivity index (χ0v) is 7.45. The summed E-state index contributed by atoms with van der Waals surface area (Å²) in [5.74, 6) is 0.295. The molecule has 1 unspecified atom stereocenters. The fourth-order valence-corrected chi connectivity index (χ4v) is 0.954. The lowest BCUT2D eigenvalue weighted by Gasteiger charge is -2.11. The zero-order valence-electron chi connectivity index (χ0n) is 7.45. The van der Waals surface area contributed by atoms with Gasteiger partial charge in [-0.2, -0.15) is 0 Å². The van der Waals surface area contributed by atoms with Gasteiger partial charge in [0, 0.05) is 25.0 Å². The molecule has 13 heavy (non-hydrogen) atoms. The molecule has 0 aromatic carbocycles. The van der Waals surface area contributed by atoms with Gasteiger partial charge in [0.25, 0.3) is 5.56 Å². The topological polar surface area (TPSA) is 78.0 Å². The van der Waals surface area contributed by atoms with E-state index in [4.69, 9.17) is 5.11 Å². The summed E-state index contributed by atoms with van der Waals surface area (Å²) in [6, 6.07) is 0.0426. The Bertz CT molecular complexity index is 310. The molecule has 3 N–H and O–H groups in total. The van der Waals surface area contributed by atoms with E-state index in [1.807, 2.05) is 6.92 Å². The predicted molar refractivity (Wildman–Crippen MR) is 49.6 cm³/mol. The number of H-pyrrole nitrogens is 1. The highest BCUT2D eigenvalue weighted by Gasteiger charge is 2.04. The Morgan fingerprint density at radius 2 is 2.54 bits per heavy atom. The predicted octanol–water partition coefficient (Wildman–Crippen LogP) is -0.0473. The van der Waals surface area contributed by atoms with Crippen molar-refractivity contribution >= 4 is 5.82 Å². The van der Waals surface area contributed by atoms with E-state index in [0.717, 1.165) is 0 Å². The highest BCUT2D eigenvalue weighted by molar-refractivity contribution is 5.31. The van der Waals surface area contributed by atoms with Crippen LogP contribution in [0.5, 0.6) is 0 Å². The van der Waals surface area contributed by atoms with Crippen molar-refractivity contribution in [3.63, 3.8) is 0 Å². The van der Waals surface area contributed by atoms with Crippen LogP contribution in [0.3, 0.4) is 0 Å². The molecule has 1 aromatic rings. The second kappa shape index (κ2) is 4.61. The number of aromatic amines is 1. The standard InChI is InChI=1S/C8H13N3O2/c1-6(2-5-12)11-7-8(13)10-4-3-9-7/h3-4,6,12H,2,5H2,1H3,(H,9,11)(H,10,13). The summed E-state index contributed by atoms with van der Waals surface area (Å²) in [5, 5.41) is 11.5. The van der Waals surface area contributed by atoms with Crippen LogP contribution in [0.4, 0.5) is 5.82 Å². The Morgan fingerprint density at radius 1 is 1.77 bits per heavy atom. The molecule has 0 radical (unpaired) electrons. The molecule has 0 spiro atoms. The third-order valence-corrected chi connectivity index (χ3v) is 1.65. The Labute approximate surface area is 75.8 Å². The van der Waals surface area contributed by atoms with Crippen LogP contribution in [0.2, 0.25) is 0 Å². The van der Waals surface area contributed by atoms with E-state index in [-0.39, 0.29) is 18.2 Å². The number of rotatable bonds is 4. The van der Waals surface area contributed by atoms with Gasteiger partial charge in [-0.05, 0) is 13.3 Å². The molecule has 72 valence electrons. The number of nitrogens with one attached hydrogen (secondary N) is 2. The van der Waals surface area contributed by atoms with Crippen LogP contribution in [0, 0.1) is 0 Å². The molecule has 0 aliphatic rings. The average Bonchev–Trinajstić information content (AvgIpc) is 2.09. The second-order valence-corrected chi connectivity index (χ2v) is 2.82. The van der Waals surface area contributed by atoms with Gasteiger partial charge >= 0.3 is 0 Å². The third-order valence-electron chi connectivity index (χ3n) is 1.65. The minimum Gasteiger partial charge on any atom is -0.396 e. The van der Waals surface area contributed by atoms with Gasteiger partial charge in [-0.25, -0.2) is 4.98 Å². The molecule has 0 fully saturated rings. The number of aliphatic hydroxyl groups excluding tert-OH is 1.